The highest BCUT2D eigenvalue weighted by Gasteiger charge is 2.17. The van der Waals surface area contributed by atoms with Crippen molar-refractivity contribution in [2.24, 2.45) is 0 Å². The molecule has 218 valence electrons. The third-order valence-electron chi connectivity index (χ3n) is 6.32. The molecule has 2 N–H and O–H groups in total. The van der Waals surface area contributed by atoms with Gasteiger partial charge >= 0.3 is 0 Å². The average Bonchev–Trinajstić information content (AvgIpc) is 3.04. The lowest BCUT2D eigenvalue weighted by molar-refractivity contribution is -0.113. The Hall–Kier alpha value is -5.63. The summed E-state index contributed by atoms with van der Waals surface area (Å²) in [4.78, 5) is 39.2. The van der Waals surface area contributed by atoms with Crippen LogP contribution in [0.15, 0.2) is 109 Å². The molecule has 0 bridgehead atoms. The van der Waals surface area contributed by atoms with Crippen LogP contribution in [0.25, 0.3) is 12.2 Å². The Morgan fingerprint density at radius 2 is 1.40 bits per heavy atom. The largest absolute Gasteiger partial charge is 0.493 e. The van der Waals surface area contributed by atoms with Crippen LogP contribution in [0.5, 0.6) is 17.2 Å². The number of amides is 2. The number of hydrogen-bond donors (Lipinski definition) is 2. The van der Waals surface area contributed by atoms with Gasteiger partial charge in [-0.1, -0.05) is 48.5 Å². The van der Waals surface area contributed by atoms with E-state index in [4.69, 9.17) is 14.2 Å². The minimum Gasteiger partial charge on any atom is -0.493 e. The molecule has 0 aliphatic carbocycles. The first-order valence-corrected chi connectivity index (χ1v) is 13.6. The monoisotopic (exact) mass is 576 g/mol. The molecule has 0 radical (unpaired) electrons. The Labute approximate surface area is 250 Å². The van der Waals surface area contributed by atoms with Crippen molar-refractivity contribution >= 4 is 35.4 Å². The van der Waals surface area contributed by atoms with E-state index in [1.807, 2.05) is 31.2 Å². The normalized spacial score (nSPS) is 11.1. The molecule has 8 heteroatoms. The summed E-state index contributed by atoms with van der Waals surface area (Å²) in [6, 6.07) is 27.7. The van der Waals surface area contributed by atoms with Gasteiger partial charge in [-0.2, -0.15) is 0 Å². The first-order chi connectivity index (χ1) is 20.9. The van der Waals surface area contributed by atoms with Crippen molar-refractivity contribution in [3.8, 4) is 17.2 Å². The minimum absolute atomic E-state index is 0.0172. The SMILES string of the molecule is CCOc1ccccc1/C=C/C(=O)c1ccc(NC(=O)/C(=C/c2cccc(OC)c2OC)NC(=O)c2ccccc2)cc1. The smallest absolute Gasteiger partial charge is 0.272 e. The van der Waals surface area contributed by atoms with Gasteiger partial charge in [0, 0.05) is 27.9 Å². The summed E-state index contributed by atoms with van der Waals surface area (Å²) in [5, 5.41) is 5.50. The van der Waals surface area contributed by atoms with E-state index >= 15 is 0 Å². The number of anilines is 1. The molecule has 0 atom stereocenters. The predicted octanol–water partition coefficient (Wildman–Crippen LogP) is 6.41. The van der Waals surface area contributed by atoms with E-state index in [1.165, 1.54) is 26.4 Å². The first-order valence-electron chi connectivity index (χ1n) is 13.6. The van der Waals surface area contributed by atoms with Crippen LogP contribution < -0.4 is 24.8 Å². The van der Waals surface area contributed by atoms with Gasteiger partial charge in [0.2, 0.25) is 0 Å². The lowest BCUT2D eigenvalue weighted by Gasteiger charge is -2.14. The number of ether oxygens (including phenoxy) is 3. The molecule has 4 rings (SSSR count). The van der Waals surface area contributed by atoms with Gasteiger partial charge in [0.05, 0.1) is 20.8 Å². The molecule has 0 saturated carbocycles. The molecule has 2 amide bonds. The number of benzene rings is 4. The third kappa shape index (κ3) is 7.98. The summed E-state index contributed by atoms with van der Waals surface area (Å²) in [6.07, 6.45) is 4.70. The van der Waals surface area contributed by atoms with Crippen LogP contribution in [0.3, 0.4) is 0 Å². The van der Waals surface area contributed by atoms with E-state index in [0.717, 1.165) is 5.56 Å². The predicted molar refractivity (Wildman–Crippen MR) is 167 cm³/mol. The molecule has 0 saturated heterocycles. The highest BCUT2D eigenvalue weighted by atomic mass is 16.5. The quantitative estimate of drug-likeness (QED) is 0.149. The number of carbonyl (C=O) groups excluding carboxylic acids is 3. The second-order valence-corrected chi connectivity index (χ2v) is 9.16. The number of allylic oxidation sites excluding steroid dienone is 1. The van der Waals surface area contributed by atoms with Crippen LogP contribution >= 0.6 is 0 Å². The van der Waals surface area contributed by atoms with Crippen LogP contribution in [-0.2, 0) is 4.79 Å². The summed E-state index contributed by atoms with van der Waals surface area (Å²) in [6.45, 7) is 2.42. The fourth-order valence-corrected chi connectivity index (χ4v) is 4.21. The zero-order valence-corrected chi connectivity index (χ0v) is 24.1. The maximum atomic E-state index is 13.4. The van der Waals surface area contributed by atoms with E-state index in [2.05, 4.69) is 10.6 Å². The standard InChI is InChI=1S/C35H32N2O6/c1-4-43-31-15-9-8-11-25(31)19-22-30(38)24-17-20-28(21-18-24)36-35(40)29(37-34(39)26-12-6-5-7-13-26)23-27-14-10-16-32(41-2)33(27)42-3/h5-23H,4H2,1-3H3,(H,36,40)(H,37,39)/b22-19+,29-23-. The van der Waals surface area contributed by atoms with Crippen LogP contribution in [0, 0.1) is 0 Å². The van der Waals surface area contributed by atoms with Gasteiger partial charge in [-0.05, 0) is 73.7 Å². The van der Waals surface area contributed by atoms with Gasteiger partial charge in [0.1, 0.15) is 11.4 Å². The number of rotatable bonds is 12. The van der Waals surface area contributed by atoms with Crippen molar-refractivity contribution in [2.45, 2.75) is 6.92 Å². The van der Waals surface area contributed by atoms with Crippen molar-refractivity contribution in [1.29, 1.82) is 0 Å². The van der Waals surface area contributed by atoms with Crippen LogP contribution in [-0.4, -0.2) is 38.4 Å². The second kappa shape index (κ2) is 14.8. The van der Waals surface area contributed by atoms with Gasteiger partial charge in [0.15, 0.2) is 17.3 Å². The number of carbonyl (C=O) groups is 3. The van der Waals surface area contributed by atoms with Gasteiger partial charge < -0.3 is 24.8 Å². The molecule has 0 aromatic heterocycles. The van der Waals surface area contributed by atoms with E-state index in [9.17, 15) is 14.4 Å². The van der Waals surface area contributed by atoms with Crippen molar-refractivity contribution in [1.82, 2.24) is 5.32 Å². The average molecular weight is 577 g/mol. The fraction of sp³-hybridized carbons (Fsp3) is 0.114. The maximum Gasteiger partial charge on any atom is 0.272 e. The first kappa shape index (κ1) is 30.3. The molecule has 0 spiro atoms. The molecule has 4 aromatic rings. The Morgan fingerprint density at radius 3 is 2.09 bits per heavy atom. The molecule has 0 aliphatic rings. The number of methoxy groups -OCH3 is 2. The summed E-state index contributed by atoms with van der Waals surface area (Å²) in [5.41, 5.74) is 2.57. The molecular formula is C35H32N2O6. The molecule has 0 fully saturated rings. The van der Waals surface area contributed by atoms with Crippen molar-refractivity contribution < 1.29 is 28.6 Å². The van der Waals surface area contributed by atoms with E-state index in [0.29, 0.717) is 46.2 Å². The van der Waals surface area contributed by atoms with E-state index in [1.54, 1.807) is 78.9 Å². The highest BCUT2D eigenvalue weighted by Crippen LogP contribution is 2.32. The number of ketones is 1. The van der Waals surface area contributed by atoms with Crippen LogP contribution in [0.1, 0.15) is 38.8 Å². The van der Waals surface area contributed by atoms with Gasteiger partial charge in [-0.15, -0.1) is 0 Å². The number of hydrogen-bond acceptors (Lipinski definition) is 6. The Kier molecular flexibility index (Phi) is 10.5. The minimum atomic E-state index is -0.569. The van der Waals surface area contributed by atoms with Crippen LogP contribution in [0.2, 0.25) is 0 Å². The van der Waals surface area contributed by atoms with Gasteiger partial charge in [-0.3, -0.25) is 14.4 Å². The van der Waals surface area contributed by atoms with E-state index in [-0.39, 0.29) is 11.5 Å². The molecule has 4 aromatic carbocycles. The Balaban J connectivity index is 1.55. The lowest BCUT2D eigenvalue weighted by atomic mass is 10.1. The topological polar surface area (TPSA) is 103 Å². The molecule has 43 heavy (non-hydrogen) atoms. The molecule has 0 heterocycles. The van der Waals surface area contributed by atoms with E-state index < -0.39 is 11.8 Å². The lowest BCUT2D eigenvalue weighted by Crippen LogP contribution is -2.30. The summed E-state index contributed by atoms with van der Waals surface area (Å²) in [5.74, 6) is 0.347. The third-order valence-corrected chi connectivity index (χ3v) is 6.32. The molecule has 0 unspecified atom stereocenters. The molecular weight excluding hydrogens is 544 g/mol. The van der Waals surface area contributed by atoms with Gasteiger partial charge in [0.25, 0.3) is 11.8 Å². The molecule has 8 nitrogen and oxygen atoms in total. The van der Waals surface area contributed by atoms with Crippen LogP contribution in [0.4, 0.5) is 5.69 Å². The molecule has 0 aliphatic heterocycles. The summed E-state index contributed by atoms with van der Waals surface area (Å²) in [7, 11) is 3.01. The van der Waals surface area contributed by atoms with Crippen molar-refractivity contribution in [3.05, 3.63) is 131 Å². The number of nitrogens with one attached hydrogen (secondary N) is 2. The second-order valence-electron chi connectivity index (χ2n) is 9.16. The zero-order valence-electron chi connectivity index (χ0n) is 24.1. The highest BCUT2D eigenvalue weighted by molar-refractivity contribution is 6.11. The van der Waals surface area contributed by atoms with Gasteiger partial charge in [-0.25, -0.2) is 0 Å². The summed E-state index contributed by atoms with van der Waals surface area (Å²) < 4.78 is 16.5. The van der Waals surface area contributed by atoms with Crippen molar-refractivity contribution in [2.75, 3.05) is 26.1 Å². The number of para-hydroxylation sites is 2. The maximum absolute atomic E-state index is 13.4. The Morgan fingerprint density at radius 1 is 0.721 bits per heavy atom. The summed E-state index contributed by atoms with van der Waals surface area (Å²) >= 11 is 0. The zero-order chi connectivity index (χ0) is 30.6. The Bertz CT molecular complexity index is 1640. The fourth-order valence-electron chi connectivity index (χ4n) is 4.21. The van der Waals surface area contributed by atoms with Crippen molar-refractivity contribution in [3.63, 3.8) is 0 Å².